The van der Waals surface area contributed by atoms with Gasteiger partial charge < -0.3 is 5.32 Å². The van der Waals surface area contributed by atoms with Crippen LogP contribution in [0.2, 0.25) is 5.02 Å². The van der Waals surface area contributed by atoms with Crippen LogP contribution in [0.15, 0.2) is 18.2 Å². The Bertz CT molecular complexity index is 290. The van der Waals surface area contributed by atoms with Crippen molar-refractivity contribution in [3.05, 3.63) is 29.0 Å². The standard InChI is InChI=1S/C10H11ClFN/c11-8-5-2-6-9(12)10(8)13-7-3-1-4-7/h2,5-7,13H,1,3-4H2. The number of anilines is 1. The molecule has 1 aromatic carbocycles. The summed E-state index contributed by atoms with van der Waals surface area (Å²) in [6.07, 6.45) is 3.46. The van der Waals surface area contributed by atoms with Crippen LogP contribution < -0.4 is 5.32 Å². The highest BCUT2D eigenvalue weighted by molar-refractivity contribution is 6.33. The number of hydrogen-bond donors (Lipinski definition) is 1. The fourth-order valence-corrected chi connectivity index (χ4v) is 1.61. The molecule has 0 spiro atoms. The van der Waals surface area contributed by atoms with Crippen molar-refractivity contribution in [1.82, 2.24) is 0 Å². The van der Waals surface area contributed by atoms with E-state index in [1.165, 1.54) is 12.5 Å². The predicted octanol–water partition coefficient (Wildman–Crippen LogP) is 3.44. The first-order chi connectivity index (χ1) is 6.27. The van der Waals surface area contributed by atoms with Gasteiger partial charge in [-0.1, -0.05) is 17.7 Å². The van der Waals surface area contributed by atoms with E-state index in [1.54, 1.807) is 12.1 Å². The lowest BCUT2D eigenvalue weighted by Crippen LogP contribution is -2.27. The Balaban J connectivity index is 2.17. The summed E-state index contributed by atoms with van der Waals surface area (Å²) in [6.45, 7) is 0. The SMILES string of the molecule is Fc1cccc(Cl)c1NC1CCC1. The summed E-state index contributed by atoms with van der Waals surface area (Å²) < 4.78 is 13.2. The largest absolute Gasteiger partial charge is 0.379 e. The Labute approximate surface area is 81.9 Å². The Morgan fingerprint density at radius 1 is 1.38 bits per heavy atom. The maximum absolute atomic E-state index is 13.2. The number of nitrogens with one attached hydrogen (secondary N) is 1. The summed E-state index contributed by atoms with van der Waals surface area (Å²) in [6, 6.07) is 5.15. The lowest BCUT2D eigenvalue weighted by atomic mass is 9.93. The smallest absolute Gasteiger partial charge is 0.147 e. The van der Waals surface area contributed by atoms with Crippen LogP contribution in [-0.4, -0.2) is 6.04 Å². The molecule has 1 aliphatic rings. The van der Waals surface area contributed by atoms with Crippen molar-refractivity contribution < 1.29 is 4.39 Å². The molecular formula is C10H11ClFN. The van der Waals surface area contributed by atoms with Gasteiger partial charge in [-0.15, -0.1) is 0 Å². The first kappa shape index (κ1) is 8.82. The van der Waals surface area contributed by atoms with Crippen LogP contribution in [0.4, 0.5) is 10.1 Å². The molecule has 0 bridgehead atoms. The fourth-order valence-electron chi connectivity index (χ4n) is 1.39. The minimum Gasteiger partial charge on any atom is -0.379 e. The van der Waals surface area contributed by atoms with E-state index in [0.29, 0.717) is 16.8 Å². The number of para-hydroxylation sites is 1. The fraction of sp³-hybridized carbons (Fsp3) is 0.400. The molecule has 0 aromatic heterocycles. The third-order valence-corrected chi connectivity index (χ3v) is 2.73. The van der Waals surface area contributed by atoms with Crippen molar-refractivity contribution in [2.45, 2.75) is 25.3 Å². The van der Waals surface area contributed by atoms with Gasteiger partial charge in [0.1, 0.15) is 5.82 Å². The Morgan fingerprint density at radius 2 is 2.15 bits per heavy atom. The quantitative estimate of drug-likeness (QED) is 0.770. The Hall–Kier alpha value is -0.760. The van der Waals surface area contributed by atoms with Crippen molar-refractivity contribution >= 4 is 17.3 Å². The molecule has 0 heterocycles. The average molecular weight is 200 g/mol. The molecule has 13 heavy (non-hydrogen) atoms. The Morgan fingerprint density at radius 3 is 2.69 bits per heavy atom. The van der Waals surface area contributed by atoms with Crippen molar-refractivity contribution in [3.63, 3.8) is 0 Å². The second kappa shape index (κ2) is 3.54. The van der Waals surface area contributed by atoms with Crippen LogP contribution in [-0.2, 0) is 0 Å². The highest BCUT2D eigenvalue weighted by Gasteiger charge is 2.19. The van der Waals surface area contributed by atoms with E-state index in [1.807, 2.05) is 0 Å². The van der Waals surface area contributed by atoms with E-state index in [4.69, 9.17) is 11.6 Å². The molecular weight excluding hydrogens is 189 g/mol. The molecule has 3 heteroatoms. The van der Waals surface area contributed by atoms with Crippen LogP contribution in [0.25, 0.3) is 0 Å². The van der Waals surface area contributed by atoms with Gasteiger partial charge in [0.05, 0.1) is 10.7 Å². The molecule has 0 radical (unpaired) electrons. The molecule has 1 aliphatic carbocycles. The van der Waals surface area contributed by atoms with Gasteiger partial charge in [-0.25, -0.2) is 4.39 Å². The van der Waals surface area contributed by atoms with E-state index < -0.39 is 0 Å². The zero-order chi connectivity index (χ0) is 9.26. The number of rotatable bonds is 2. The van der Waals surface area contributed by atoms with Gasteiger partial charge in [-0.3, -0.25) is 0 Å². The molecule has 1 saturated carbocycles. The molecule has 1 N–H and O–H groups in total. The van der Waals surface area contributed by atoms with Gasteiger partial charge >= 0.3 is 0 Å². The van der Waals surface area contributed by atoms with Crippen molar-refractivity contribution in [2.75, 3.05) is 5.32 Å². The first-order valence-corrected chi connectivity index (χ1v) is 4.86. The summed E-state index contributed by atoms with van der Waals surface area (Å²) >= 11 is 5.85. The second-order valence-electron chi connectivity index (χ2n) is 3.37. The highest BCUT2D eigenvalue weighted by atomic mass is 35.5. The van der Waals surface area contributed by atoms with Gasteiger partial charge in [-0.05, 0) is 31.4 Å². The summed E-state index contributed by atoms with van der Waals surface area (Å²) in [5, 5.41) is 3.57. The highest BCUT2D eigenvalue weighted by Crippen LogP contribution is 2.29. The molecule has 1 fully saturated rings. The van der Waals surface area contributed by atoms with Crippen LogP contribution in [0.5, 0.6) is 0 Å². The van der Waals surface area contributed by atoms with Gasteiger partial charge in [-0.2, -0.15) is 0 Å². The minimum atomic E-state index is -0.264. The minimum absolute atomic E-state index is 0.264. The van der Waals surface area contributed by atoms with E-state index in [-0.39, 0.29) is 5.82 Å². The molecule has 2 rings (SSSR count). The van der Waals surface area contributed by atoms with Crippen molar-refractivity contribution in [2.24, 2.45) is 0 Å². The third kappa shape index (κ3) is 1.78. The van der Waals surface area contributed by atoms with E-state index in [0.717, 1.165) is 12.8 Å². The molecule has 0 atom stereocenters. The van der Waals surface area contributed by atoms with Crippen molar-refractivity contribution in [3.8, 4) is 0 Å². The third-order valence-electron chi connectivity index (χ3n) is 2.42. The van der Waals surface area contributed by atoms with E-state index in [9.17, 15) is 4.39 Å². The van der Waals surface area contributed by atoms with Crippen LogP contribution in [0.1, 0.15) is 19.3 Å². The molecule has 1 nitrogen and oxygen atoms in total. The summed E-state index contributed by atoms with van der Waals surface area (Å²) in [7, 11) is 0. The zero-order valence-electron chi connectivity index (χ0n) is 7.19. The normalized spacial score (nSPS) is 16.8. The molecule has 0 amide bonds. The predicted molar refractivity (Wildman–Crippen MR) is 52.7 cm³/mol. The lowest BCUT2D eigenvalue weighted by Gasteiger charge is -2.28. The van der Waals surface area contributed by atoms with Gasteiger partial charge in [0.15, 0.2) is 0 Å². The van der Waals surface area contributed by atoms with Crippen LogP contribution in [0, 0.1) is 5.82 Å². The first-order valence-electron chi connectivity index (χ1n) is 4.48. The summed E-state index contributed by atoms with van der Waals surface area (Å²) in [5.41, 5.74) is 0.453. The Kier molecular flexibility index (Phi) is 2.40. The summed E-state index contributed by atoms with van der Waals surface area (Å²) in [5.74, 6) is -0.264. The lowest BCUT2D eigenvalue weighted by molar-refractivity contribution is 0.443. The monoisotopic (exact) mass is 199 g/mol. The van der Waals surface area contributed by atoms with Gasteiger partial charge in [0, 0.05) is 6.04 Å². The molecule has 0 aliphatic heterocycles. The van der Waals surface area contributed by atoms with Crippen molar-refractivity contribution in [1.29, 1.82) is 0 Å². The number of benzene rings is 1. The maximum atomic E-state index is 13.2. The van der Waals surface area contributed by atoms with Crippen LogP contribution >= 0.6 is 11.6 Å². The number of hydrogen-bond acceptors (Lipinski definition) is 1. The maximum Gasteiger partial charge on any atom is 0.147 e. The topological polar surface area (TPSA) is 12.0 Å². The molecule has 70 valence electrons. The zero-order valence-corrected chi connectivity index (χ0v) is 7.94. The van der Waals surface area contributed by atoms with Gasteiger partial charge in [0.2, 0.25) is 0 Å². The molecule has 1 aromatic rings. The molecule has 0 unspecified atom stereocenters. The van der Waals surface area contributed by atoms with E-state index >= 15 is 0 Å². The molecule has 0 saturated heterocycles. The summed E-state index contributed by atoms with van der Waals surface area (Å²) in [4.78, 5) is 0. The second-order valence-corrected chi connectivity index (χ2v) is 3.78. The van der Waals surface area contributed by atoms with Gasteiger partial charge in [0.25, 0.3) is 0 Å². The van der Waals surface area contributed by atoms with Crippen LogP contribution in [0.3, 0.4) is 0 Å². The van der Waals surface area contributed by atoms with E-state index in [2.05, 4.69) is 5.32 Å². The number of halogens is 2. The average Bonchev–Trinajstić information content (AvgIpc) is 2.00.